The van der Waals surface area contributed by atoms with Gasteiger partial charge in [-0.3, -0.25) is 0 Å². The third-order valence-corrected chi connectivity index (χ3v) is 6.83. The van der Waals surface area contributed by atoms with Crippen molar-refractivity contribution >= 4 is 0 Å². The van der Waals surface area contributed by atoms with Gasteiger partial charge in [0.1, 0.15) is 35.1 Å². The largest absolute Gasteiger partial charge is 0.387 e. The maximum Gasteiger partial charge on any atom is 0.126 e. The van der Waals surface area contributed by atoms with Crippen LogP contribution >= 0.6 is 0 Å². The second kappa shape index (κ2) is 8.99. The number of benzene rings is 3. The third-order valence-electron chi connectivity index (χ3n) is 6.83. The molecule has 0 saturated heterocycles. The summed E-state index contributed by atoms with van der Waals surface area (Å²) in [6.45, 7) is 0. The van der Waals surface area contributed by atoms with Crippen LogP contribution in [0.15, 0.2) is 91.0 Å². The first-order chi connectivity index (χ1) is 15.7. The summed E-state index contributed by atoms with van der Waals surface area (Å²) in [7, 11) is 0. The van der Waals surface area contributed by atoms with E-state index < -0.39 is 35.1 Å². The zero-order valence-electron chi connectivity index (χ0n) is 18.2. The van der Waals surface area contributed by atoms with Crippen LogP contribution < -0.4 is 0 Å². The molecule has 1 aliphatic rings. The number of aliphatic hydroxyl groups is 6. The van der Waals surface area contributed by atoms with Gasteiger partial charge in [-0.25, -0.2) is 0 Å². The summed E-state index contributed by atoms with van der Waals surface area (Å²) in [5.41, 5.74) is -5.23. The third kappa shape index (κ3) is 4.22. The lowest BCUT2D eigenvalue weighted by atomic mass is 9.57. The Hall–Kier alpha value is -2.58. The highest BCUT2D eigenvalue weighted by Gasteiger charge is 2.70. The van der Waals surface area contributed by atoms with Gasteiger partial charge in [0.25, 0.3) is 0 Å². The summed E-state index contributed by atoms with van der Waals surface area (Å²) in [5, 5.41) is 68.9. The minimum atomic E-state index is -2.34. The van der Waals surface area contributed by atoms with E-state index in [1.165, 1.54) is 0 Å². The Morgan fingerprint density at radius 1 is 0.424 bits per heavy atom. The van der Waals surface area contributed by atoms with Crippen LogP contribution in [0.25, 0.3) is 0 Å². The second-order valence-electron chi connectivity index (χ2n) is 9.17. The van der Waals surface area contributed by atoms with E-state index in [0.29, 0.717) is 16.7 Å². The Balaban J connectivity index is 1.81. The van der Waals surface area contributed by atoms with Gasteiger partial charge in [-0.15, -0.1) is 0 Å². The van der Waals surface area contributed by atoms with E-state index in [9.17, 15) is 30.6 Å². The lowest BCUT2D eigenvalue weighted by molar-refractivity contribution is -0.336. The van der Waals surface area contributed by atoms with Crippen LogP contribution in [-0.2, 0) is 19.3 Å². The number of hydrogen-bond acceptors (Lipinski definition) is 6. The molecule has 0 heterocycles. The quantitative estimate of drug-likeness (QED) is 0.333. The predicted octanol–water partition coefficient (Wildman–Crippen LogP) is 1.00. The Labute approximate surface area is 193 Å². The maximum atomic E-state index is 11.7. The van der Waals surface area contributed by atoms with Crippen molar-refractivity contribution in [3.63, 3.8) is 0 Å². The van der Waals surface area contributed by atoms with E-state index in [0.717, 1.165) is 0 Å². The van der Waals surface area contributed by atoms with Crippen LogP contribution in [0.1, 0.15) is 16.7 Å². The average Bonchev–Trinajstić information content (AvgIpc) is 2.83. The highest BCUT2D eigenvalue weighted by molar-refractivity contribution is 5.31. The number of hydrogen-bond donors (Lipinski definition) is 6. The molecule has 0 spiro atoms. The maximum absolute atomic E-state index is 11.7. The molecule has 1 saturated carbocycles. The standard InChI is InChI=1S/C27H30O6/c28-22-25(31,16-19-10-4-1-5-11-19)23(29)27(33,18-21-14-8-3-9-15-21)24(30)26(22,32)17-20-12-6-2-7-13-20/h1-15,22-24,28-33H,16-18H2. The molecule has 0 aliphatic heterocycles. The summed E-state index contributed by atoms with van der Waals surface area (Å²) < 4.78 is 0. The number of rotatable bonds is 6. The lowest BCUT2D eigenvalue weighted by Crippen LogP contribution is -2.82. The molecule has 1 fully saturated rings. The smallest absolute Gasteiger partial charge is 0.126 e. The van der Waals surface area contributed by atoms with Crippen molar-refractivity contribution in [1.29, 1.82) is 0 Å². The van der Waals surface area contributed by atoms with E-state index in [2.05, 4.69) is 0 Å². The molecule has 0 unspecified atom stereocenters. The summed E-state index contributed by atoms with van der Waals surface area (Å²) in [4.78, 5) is 0. The van der Waals surface area contributed by atoms with Crippen LogP contribution in [0.4, 0.5) is 0 Å². The molecule has 0 amide bonds. The van der Waals surface area contributed by atoms with Gasteiger partial charge in [0.15, 0.2) is 0 Å². The highest BCUT2D eigenvalue weighted by atomic mass is 16.4. The van der Waals surface area contributed by atoms with Crippen molar-refractivity contribution in [2.75, 3.05) is 0 Å². The average molecular weight is 451 g/mol. The zero-order chi connectivity index (χ0) is 23.7. The van der Waals surface area contributed by atoms with Crippen molar-refractivity contribution in [3.05, 3.63) is 108 Å². The first-order valence-electron chi connectivity index (χ1n) is 11.0. The molecule has 174 valence electrons. The summed E-state index contributed by atoms with van der Waals surface area (Å²) in [6, 6.07) is 26.2. The van der Waals surface area contributed by atoms with Gasteiger partial charge in [-0.1, -0.05) is 91.0 Å². The fourth-order valence-electron chi connectivity index (χ4n) is 5.10. The second-order valence-corrected chi connectivity index (χ2v) is 9.17. The molecular formula is C27H30O6. The summed E-state index contributed by atoms with van der Waals surface area (Å²) in [6.07, 6.45) is -6.57. The molecule has 6 heteroatoms. The van der Waals surface area contributed by atoms with Crippen LogP contribution in [0.2, 0.25) is 0 Å². The van der Waals surface area contributed by atoms with E-state index >= 15 is 0 Å². The molecule has 0 atom stereocenters. The minimum absolute atomic E-state index is 0.239. The molecule has 0 bridgehead atoms. The Morgan fingerprint density at radius 2 is 0.636 bits per heavy atom. The normalized spacial score (nSPS) is 34.2. The Bertz CT molecular complexity index is 891. The van der Waals surface area contributed by atoms with Gasteiger partial charge in [0.05, 0.1) is 0 Å². The summed E-state index contributed by atoms with van der Waals surface area (Å²) >= 11 is 0. The van der Waals surface area contributed by atoms with E-state index in [1.807, 2.05) is 0 Å². The monoisotopic (exact) mass is 450 g/mol. The molecular weight excluding hydrogens is 420 g/mol. The first kappa shape index (κ1) is 23.6. The van der Waals surface area contributed by atoms with Crippen LogP contribution in [-0.4, -0.2) is 65.8 Å². The molecule has 3 aromatic carbocycles. The SMILES string of the molecule is OC1C(O)(Cc2ccccc2)C(O)C(O)(Cc2ccccc2)C(O)C1(O)Cc1ccccc1. The molecule has 0 aromatic heterocycles. The van der Waals surface area contributed by atoms with E-state index in [1.54, 1.807) is 91.0 Å². The molecule has 4 rings (SSSR count). The van der Waals surface area contributed by atoms with Gasteiger partial charge >= 0.3 is 0 Å². The molecule has 33 heavy (non-hydrogen) atoms. The van der Waals surface area contributed by atoms with Crippen molar-refractivity contribution in [2.45, 2.75) is 54.4 Å². The van der Waals surface area contributed by atoms with Gasteiger partial charge in [-0.2, -0.15) is 0 Å². The Kier molecular flexibility index (Phi) is 6.42. The van der Waals surface area contributed by atoms with Crippen LogP contribution in [0, 0.1) is 0 Å². The molecule has 6 nitrogen and oxygen atoms in total. The van der Waals surface area contributed by atoms with E-state index in [-0.39, 0.29) is 19.3 Å². The summed E-state index contributed by atoms with van der Waals surface area (Å²) in [5.74, 6) is 0. The predicted molar refractivity (Wildman–Crippen MR) is 123 cm³/mol. The van der Waals surface area contributed by atoms with Crippen LogP contribution in [0.3, 0.4) is 0 Å². The van der Waals surface area contributed by atoms with Gasteiger partial charge < -0.3 is 30.6 Å². The van der Waals surface area contributed by atoms with Gasteiger partial charge in [-0.05, 0) is 16.7 Å². The van der Waals surface area contributed by atoms with Gasteiger partial charge in [0, 0.05) is 19.3 Å². The lowest BCUT2D eigenvalue weighted by Gasteiger charge is -2.59. The first-order valence-corrected chi connectivity index (χ1v) is 11.0. The fraction of sp³-hybridized carbons (Fsp3) is 0.333. The van der Waals surface area contributed by atoms with Crippen molar-refractivity contribution in [1.82, 2.24) is 0 Å². The zero-order valence-corrected chi connectivity index (χ0v) is 18.2. The highest BCUT2D eigenvalue weighted by Crippen LogP contribution is 2.46. The molecule has 0 radical (unpaired) electrons. The topological polar surface area (TPSA) is 121 Å². The minimum Gasteiger partial charge on any atom is -0.387 e. The Morgan fingerprint density at radius 3 is 0.848 bits per heavy atom. The molecule has 1 aliphatic carbocycles. The van der Waals surface area contributed by atoms with Crippen LogP contribution in [0.5, 0.6) is 0 Å². The molecule has 3 aromatic rings. The van der Waals surface area contributed by atoms with Crippen molar-refractivity contribution < 1.29 is 30.6 Å². The van der Waals surface area contributed by atoms with Crippen molar-refractivity contribution in [2.24, 2.45) is 0 Å². The van der Waals surface area contributed by atoms with E-state index in [4.69, 9.17) is 0 Å². The molecule has 6 N–H and O–H groups in total. The van der Waals surface area contributed by atoms with Gasteiger partial charge in [0.2, 0.25) is 0 Å². The fourth-order valence-corrected chi connectivity index (χ4v) is 5.10. The van der Waals surface area contributed by atoms with Crippen molar-refractivity contribution in [3.8, 4) is 0 Å². The number of aliphatic hydroxyl groups excluding tert-OH is 3.